The molecule has 3 amide bonds. The van der Waals surface area contributed by atoms with E-state index in [9.17, 15) is 9.59 Å². The zero-order chi connectivity index (χ0) is 15.2. The summed E-state index contributed by atoms with van der Waals surface area (Å²) >= 11 is 0. The Morgan fingerprint density at radius 2 is 2.05 bits per heavy atom. The fourth-order valence-electron chi connectivity index (χ4n) is 2.86. The van der Waals surface area contributed by atoms with Crippen molar-refractivity contribution < 1.29 is 14.3 Å². The molecule has 0 aromatic rings. The molecule has 2 aliphatic rings. The van der Waals surface area contributed by atoms with Crippen molar-refractivity contribution in [2.75, 3.05) is 59.0 Å². The van der Waals surface area contributed by atoms with Gasteiger partial charge in [-0.25, -0.2) is 4.79 Å². The van der Waals surface area contributed by atoms with Gasteiger partial charge in [0.1, 0.15) is 0 Å². The van der Waals surface area contributed by atoms with Crippen molar-refractivity contribution in [3.8, 4) is 0 Å². The normalized spacial score (nSPS) is 24.7. The monoisotopic (exact) mass is 298 g/mol. The molecule has 7 heteroatoms. The second-order valence-corrected chi connectivity index (χ2v) is 5.59. The Kier molecular flexibility index (Phi) is 5.96. The molecule has 1 N–H and O–H groups in total. The molecule has 0 radical (unpaired) electrons. The van der Waals surface area contributed by atoms with Gasteiger partial charge in [-0.3, -0.25) is 19.5 Å². The van der Waals surface area contributed by atoms with Crippen molar-refractivity contribution in [2.45, 2.75) is 19.9 Å². The minimum absolute atomic E-state index is 0.122. The SMILES string of the molecule is CCOCCN1CCN(CCN2C(=O)CNC2=O)CC1C. The number of hydrogen-bond acceptors (Lipinski definition) is 5. The van der Waals surface area contributed by atoms with E-state index in [2.05, 4.69) is 22.0 Å². The van der Waals surface area contributed by atoms with Gasteiger partial charge in [-0.15, -0.1) is 0 Å². The Morgan fingerprint density at radius 1 is 1.24 bits per heavy atom. The second-order valence-electron chi connectivity index (χ2n) is 5.59. The van der Waals surface area contributed by atoms with E-state index in [0.29, 0.717) is 12.6 Å². The van der Waals surface area contributed by atoms with Crippen LogP contribution in [0.25, 0.3) is 0 Å². The molecule has 0 bridgehead atoms. The van der Waals surface area contributed by atoms with Crippen LogP contribution in [0.3, 0.4) is 0 Å². The van der Waals surface area contributed by atoms with Gasteiger partial charge in [0.2, 0.25) is 5.91 Å². The quantitative estimate of drug-likeness (QED) is 0.511. The smallest absolute Gasteiger partial charge is 0.324 e. The highest BCUT2D eigenvalue weighted by Gasteiger charge is 2.29. The van der Waals surface area contributed by atoms with Crippen molar-refractivity contribution in [2.24, 2.45) is 0 Å². The molecular formula is C14H26N4O3. The summed E-state index contributed by atoms with van der Waals surface area (Å²) in [5.74, 6) is -0.122. The van der Waals surface area contributed by atoms with Crippen LogP contribution >= 0.6 is 0 Å². The van der Waals surface area contributed by atoms with E-state index in [1.54, 1.807) is 0 Å². The molecule has 2 rings (SSSR count). The van der Waals surface area contributed by atoms with Crippen LogP contribution in [0, 0.1) is 0 Å². The van der Waals surface area contributed by atoms with Gasteiger partial charge in [0.15, 0.2) is 0 Å². The predicted molar refractivity (Wildman–Crippen MR) is 79.1 cm³/mol. The number of rotatable bonds is 7. The van der Waals surface area contributed by atoms with E-state index in [1.807, 2.05) is 6.92 Å². The Hall–Kier alpha value is -1.18. The van der Waals surface area contributed by atoms with Crippen LogP contribution < -0.4 is 5.32 Å². The lowest BCUT2D eigenvalue weighted by Gasteiger charge is -2.40. The van der Waals surface area contributed by atoms with Crippen molar-refractivity contribution >= 4 is 11.9 Å². The third-order valence-corrected chi connectivity index (χ3v) is 4.15. The van der Waals surface area contributed by atoms with Crippen molar-refractivity contribution in [3.63, 3.8) is 0 Å². The van der Waals surface area contributed by atoms with Crippen molar-refractivity contribution in [3.05, 3.63) is 0 Å². The molecule has 2 heterocycles. The van der Waals surface area contributed by atoms with Crippen molar-refractivity contribution in [1.82, 2.24) is 20.0 Å². The number of urea groups is 1. The lowest BCUT2D eigenvalue weighted by atomic mass is 10.2. The summed E-state index contributed by atoms with van der Waals surface area (Å²) < 4.78 is 5.41. The van der Waals surface area contributed by atoms with Gasteiger partial charge in [0.25, 0.3) is 0 Å². The number of ether oxygens (including phenoxy) is 1. The molecule has 0 aromatic carbocycles. The van der Waals surface area contributed by atoms with Gasteiger partial charge in [-0.1, -0.05) is 0 Å². The number of imide groups is 1. The Labute approximate surface area is 126 Å². The van der Waals surface area contributed by atoms with Gasteiger partial charge in [0, 0.05) is 51.9 Å². The summed E-state index contributed by atoms with van der Waals surface area (Å²) in [6.07, 6.45) is 0. The molecule has 7 nitrogen and oxygen atoms in total. The van der Waals surface area contributed by atoms with Gasteiger partial charge in [0.05, 0.1) is 13.2 Å². The number of nitrogens with one attached hydrogen (secondary N) is 1. The highest BCUT2D eigenvalue weighted by Crippen LogP contribution is 2.09. The molecule has 21 heavy (non-hydrogen) atoms. The van der Waals surface area contributed by atoms with Gasteiger partial charge < -0.3 is 10.1 Å². The summed E-state index contributed by atoms with van der Waals surface area (Å²) in [6, 6.07) is 0.214. The van der Waals surface area contributed by atoms with E-state index in [1.165, 1.54) is 4.90 Å². The van der Waals surface area contributed by atoms with Crippen LogP contribution in [-0.4, -0.2) is 91.7 Å². The highest BCUT2D eigenvalue weighted by atomic mass is 16.5. The fourth-order valence-corrected chi connectivity index (χ4v) is 2.86. The molecule has 2 saturated heterocycles. The summed E-state index contributed by atoms with van der Waals surface area (Å²) in [4.78, 5) is 29.1. The van der Waals surface area contributed by atoms with E-state index >= 15 is 0 Å². The van der Waals surface area contributed by atoms with Crippen LogP contribution in [0.4, 0.5) is 4.79 Å². The van der Waals surface area contributed by atoms with E-state index in [4.69, 9.17) is 4.74 Å². The highest BCUT2D eigenvalue weighted by molar-refractivity contribution is 6.01. The number of carbonyl (C=O) groups excluding carboxylic acids is 2. The largest absolute Gasteiger partial charge is 0.380 e. The Bertz CT molecular complexity index is 361. The number of piperazine rings is 1. The third kappa shape index (κ3) is 4.39. The zero-order valence-electron chi connectivity index (χ0n) is 13.0. The minimum Gasteiger partial charge on any atom is -0.380 e. The predicted octanol–water partition coefficient (Wildman–Crippen LogP) is -0.419. The third-order valence-electron chi connectivity index (χ3n) is 4.15. The average Bonchev–Trinajstić information content (AvgIpc) is 2.78. The maximum atomic E-state index is 11.5. The molecule has 120 valence electrons. The molecule has 0 spiro atoms. The van der Waals surface area contributed by atoms with Gasteiger partial charge >= 0.3 is 6.03 Å². The fraction of sp³-hybridized carbons (Fsp3) is 0.857. The van der Waals surface area contributed by atoms with Crippen LogP contribution in [-0.2, 0) is 9.53 Å². The lowest BCUT2D eigenvalue weighted by Crippen LogP contribution is -2.54. The lowest BCUT2D eigenvalue weighted by molar-refractivity contribution is -0.125. The molecule has 0 aromatic heterocycles. The first kappa shape index (κ1) is 16.2. The first-order valence-corrected chi connectivity index (χ1v) is 7.74. The first-order valence-electron chi connectivity index (χ1n) is 7.74. The van der Waals surface area contributed by atoms with Crippen LogP contribution in [0.15, 0.2) is 0 Å². The standard InChI is InChI=1S/C14H26N4O3/c1-3-21-9-8-17-6-4-16(11-12(17)2)5-7-18-13(19)10-15-14(18)20/h12H,3-11H2,1-2H3,(H,15,20). The van der Waals surface area contributed by atoms with Crippen molar-refractivity contribution in [1.29, 1.82) is 0 Å². The Morgan fingerprint density at radius 3 is 2.67 bits per heavy atom. The topological polar surface area (TPSA) is 65.1 Å². The van der Waals surface area contributed by atoms with Gasteiger partial charge in [-0.2, -0.15) is 0 Å². The summed E-state index contributed by atoms with van der Waals surface area (Å²) in [5.41, 5.74) is 0. The van der Waals surface area contributed by atoms with Crippen LogP contribution in [0.1, 0.15) is 13.8 Å². The zero-order valence-corrected chi connectivity index (χ0v) is 13.0. The van der Waals surface area contributed by atoms with Crippen LogP contribution in [0.5, 0.6) is 0 Å². The molecule has 2 aliphatic heterocycles. The number of nitrogens with zero attached hydrogens (tertiary/aromatic N) is 3. The molecule has 1 unspecified atom stereocenters. The minimum atomic E-state index is -0.261. The Balaban J connectivity index is 1.70. The molecule has 1 atom stereocenters. The summed E-state index contributed by atoms with van der Waals surface area (Å²) in [6.45, 7) is 11.1. The molecule has 0 saturated carbocycles. The molecular weight excluding hydrogens is 272 g/mol. The number of hydrogen-bond donors (Lipinski definition) is 1. The number of amides is 3. The van der Waals surface area contributed by atoms with Gasteiger partial charge in [-0.05, 0) is 13.8 Å². The van der Waals surface area contributed by atoms with E-state index in [0.717, 1.165) is 45.9 Å². The number of carbonyl (C=O) groups is 2. The first-order chi connectivity index (χ1) is 10.1. The van der Waals surface area contributed by atoms with E-state index < -0.39 is 0 Å². The second kappa shape index (κ2) is 7.72. The summed E-state index contributed by atoms with van der Waals surface area (Å²) in [7, 11) is 0. The molecule has 2 fully saturated rings. The summed E-state index contributed by atoms with van der Waals surface area (Å²) in [5, 5.41) is 2.55. The van der Waals surface area contributed by atoms with E-state index in [-0.39, 0.29) is 18.5 Å². The van der Waals surface area contributed by atoms with Crippen LogP contribution in [0.2, 0.25) is 0 Å². The maximum absolute atomic E-state index is 11.5. The maximum Gasteiger partial charge on any atom is 0.324 e. The molecule has 0 aliphatic carbocycles. The average molecular weight is 298 g/mol.